The average Bonchev–Trinajstić information content (AvgIpc) is 2.64. The van der Waals surface area contributed by atoms with Crippen LogP contribution in [-0.4, -0.2) is 14.5 Å². The summed E-state index contributed by atoms with van der Waals surface area (Å²) in [4.78, 5) is 27.8. The van der Waals surface area contributed by atoms with Crippen molar-refractivity contribution in [1.82, 2.24) is 9.55 Å². The number of nitro groups is 1. The summed E-state index contributed by atoms with van der Waals surface area (Å²) in [6, 6.07) is 8.53. The van der Waals surface area contributed by atoms with Gasteiger partial charge in [-0.15, -0.1) is 0 Å². The highest BCUT2D eigenvalue weighted by Crippen LogP contribution is 2.29. The van der Waals surface area contributed by atoms with Gasteiger partial charge in [-0.2, -0.15) is 13.2 Å². The number of fused-ring (bicyclic) bond motifs is 1. The molecule has 0 fully saturated rings. The molecule has 3 aromatic rings. The second kappa shape index (κ2) is 7.41. The van der Waals surface area contributed by atoms with E-state index in [0.29, 0.717) is 29.7 Å². The minimum Gasteiger partial charge on any atom is -0.292 e. The topological polar surface area (TPSA) is 78.0 Å². The Balaban J connectivity index is 2.15. The summed E-state index contributed by atoms with van der Waals surface area (Å²) in [6.45, 7) is 1.78. The number of nitro benzene ring substituents is 1. The number of hydrogen-bond acceptors (Lipinski definition) is 4. The Morgan fingerprint density at radius 2 is 1.93 bits per heavy atom. The molecular formula is C19H16F3N3O3. The average molecular weight is 391 g/mol. The number of hydrogen-bond donors (Lipinski definition) is 0. The molecule has 2 aromatic carbocycles. The quantitative estimate of drug-likeness (QED) is 0.479. The van der Waals surface area contributed by atoms with E-state index >= 15 is 0 Å². The molecular weight excluding hydrogens is 375 g/mol. The maximum absolute atomic E-state index is 13.0. The molecule has 9 heteroatoms. The van der Waals surface area contributed by atoms with Gasteiger partial charge in [-0.25, -0.2) is 4.98 Å². The van der Waals surface area contributed by atoms with Gasteiger partial charge in [0.05, 0.1) is 27.9 Å². The van der Waals surface area contributed by atoms with E-state index in [2.05, 4.69) is 4.98 Å². The van der Waals surface area contributed by atoms with Crippen molar-refractivity contribution < 1.29 is 18.1 Å². The van der Waals surface area contributed by atoms with Crippen LogP contribution in [-0.2, 0) is 19.1 Å². The molecule has 0 amide bonds. The number of halogens is 3. The maximum Gasteiger partial charge on any atom is 0.416 e. The van der Waals surface area contributed by atoms with E-state index in [4.69, 9.17) is 0 Å². The highest BCUT2D eigenvalue weighted by atomic mass is 19.4. The molecule has 1 heterocycles. The lowest BCUT2D eigenvalue weighted by atomic mass is 10.1. The number of rotatable bonds is 5. The van der Waals surface area contributed by atoms with Gasteiger partial charge in [0.1, 0.15) is 5.82 Å². The highest BCUT2D eigenvalue weighted by Gasteiger charge is 2.30. The van der Waals surface area contributed by atoms with Gasteiger partial charge < -0.3 is 0 Å². The van der Waals surface area contributed by atoms with Gasteiger partial charge >= 0.3 is 6.18 Å². The van der Waals surface area contributed by atoms with Crippen molar-refractivity contribution in [3.63, 3.8) is 0 Å². The van der Waals surface area contributed by atoms with Crippen LogP contribution < -0.4 is 5.56 Å². The van der Waals surface area contributed by atoms with Gasteiger partial charge in [0.15, 0.2) is 0 Å². The SMILES string of the molecule is CCCc1nc2ccc([N+](=O)[O-])cc2c(=O)n1Cc1cccc(C(F)(F)F)c1. The Morgan fingerprint density at radius 1 is 1.18 bits per heavy atom. The van der Waals surface area contributed by atoms with E-state index in [0.717, 1.165) is 18.2 Å². The molecule has 146 valence electrons. The molecule has 0 N–H and O–H groups in total. The lowest BCUT2D eigenvalue weighted by Gasteiger charge is -2.14. The van der Waals surface area contributed by atoms with Crippen LogP contribution in [0.15, 0.2) is 47.3 Å². The Kier molecular flexibility index (Phi) is 5.17. The van der Waals surface area contributed by atoms with Crippen molar-refractivity contribution in [1.29, 1.82) is 0 Å². The second-order valence-electron chi connectivity index (χ2n) is 6.33. The van der Waals surface area contributed by atoms with Crippen LogP contribution in [0.25, 0.3) is 10.9 Å². The van der Waals surface area contributed by atoms with Gasteiger partial charge in [-0.1, -0.05) is 19.1 Å². The Bertz CT molecular complexity index is 1110. The van der Waals surface area contributed by atoms with Crippen LogP contribution in [0.4, 0.5) is 18.9 Å². The van der Waals surface area contributed by atoms with Crippen molar-refractivity contribution in [3.05, 3.63) is 79.9 Å². The zero-order valence-electron chi connectivity index (χ0n) is 14.9. The number of alkyl halides is 3. The summed E-state index contributed by atoms with van der Waals surface area (Å²) in [5.41, 5.74) is -0.963. The van der Waals surface area contributed by atoms with Gasteiger partial charge in [0.2, 0.25) is 0 Å². The van der Waals surface area contributed by atoms with E-state index in [1.54, 1.807) is 0 Å². The van der Waals surface area contributed by atoms with E-state index < -0.39 is 22.2 Å². The standard InChI is InChI=1S/C19H16F3N3O3/c1-2-4-17-23-16-8-7-14(25(27)28)10-15(16)18(26)24(17)11-12-5-3-6-13(9-12)19(20,21)22/h3,5-10H,2,4,11H2,1H3. The maximum atomic E-state index is 13.0. The van der Waals surface area contributed by atoms with E-state index in [9.17, 15) is 28.1 Å². The highest BCUT2D eigenvalue weighted by molar-refractivity contribution is 5.80. The summed E-state index contributed by atoms with van der Waals surface area (Å²) in [5, 5.41) is 11.1. The van der Waals surface area contributed by atoms with Gasteiger partial charge in [0.25, 0.3) is 11.2 Å². The first-order chi connectivity index (χ1) is 13.2. The van der Waals surface area contributed by atoms with Gasteiger partial charge in [-0.3, -0.25) is 19.5 Å². The zero-order valence-corrected chi connectivity index (χ0v) is 14.9. The van der Waals surface area contributed by atoms with Crippen LogP contribution in [0.1, 0.15) is 30.3 Å². The minimum atomic E-state index is -4.49. The summed E-state index contributed by atoms with van der Waals surface area (Å²) in [6.07, 6.45) is -3.37. The van der Waals surface area contributed by atoms with Crippen LogP contribution in [0.2, 0.25) is 0 Å². The number of nitrogens with zero attached hydrogens (tertiary/aromatic N) is 3. The molecule has 0 aliphatic carbocycles. The molecule has 0 spiro atoms. The summed E-state index contributed by atoms with van der Waals surface area (Å²) >= 11 is 0. The molecule has 0 saturated heterocycles. The fourth-order valence-electron chi connectivity index (χ4n) is 2.97. The molecule has 0 saturated carbocycles. The molecule has 6 nitrogen and oxygen atoms in total. The Hall–Kier alpha value is -3.23. The van der Waals surface area contributed by atoms with Gasteiger partial charge in [0, 0.05) is 18.6 Å². The monoisotopic (exact) mass is 391 g/mol. The summed E-state index contributed by atoms with van der Waals surface area (Å²) < 4.78 is 40.2. The van der Waals surface area contributed by atoms with Crippen molar-refractivity contribution in [2.24, 2.45) is 0 Å². The lowest BCUT2D eigenvalue weighted by molar-refractivity contribution is -0.384. The Labute approximate surface area is 157 Å². The molecule has 0 unspecified atom stereocenters. The van der Waals surface area contributed by atoms with Crippen molar-refractivity contribution in [2.45, 2.75) is 32.5 Å². The van der Waals surface area contributed by atoms with Crippen molar-refractivity contribution in [2.75, 3.05) is 0 Å². The summed E-state index contributed by atoms with van der Waals surface area (Å²) in [7, 11) is 0. The fraction of sp³-hybridized carbons (Fsp3) is 0.263. The first kappa shape index (κ1) is 19.5. The van der Waals surface area contributed by atoms with E-state index in [-0.39, 0.29) is 17.6 Å². The first-order valence-corrected chi connectivity index (χ1v) is 8.54. The minimum absolute atomic E-state index is 0.0565. The number of non-ortho nitro benzene ring substituents is 1. The molecule has 0 atom stereocenters. The molecule has 0 aliphatic heterocycles. The van der Waals surface area contributed by atoms with Crippen molar-refractivity contribution >= 4 is 16.6 Å². The zero-order chi connectivity index (χ0) is 20.5. The van der Waals surface area contributed by atoms with Crippen LogP contribution >= 0.6 is 0 Å². The molecule has 0 bridgehead atoms. The predicted octanol–water partition coefficient (Wildman–Crippen LogP) is 4.32. The molecule has 0 aliphatic rings. The predicted molar refractivity (Wildman–Crippen MR) is 97.2 cm³/mol. The van der Waals surface area contributed by atoms with Crippen molar-refractivity contribution in [3.8, 4) is 0 Å². The molecule has 0 radical (unpaired) electrons. The number of aryl methyl sites for hydroxylation is 1. The largest absolute Gasteiger partial charge is 0.416 e. The summed E-state index contributed by atoms with van der Waals surface area (Å²) in [5.74, 6) is 0.422. The molecule has 28 heavy (non-hydrogen) atoms. The first-order valence-electron chi connectivity index (χ1n) is 8.54. The second-order valence-corrected chi connectivity index (χ2v) is 6.33. The van der Waals surface area contributed by atoms with Crippen LogP contribution in [0, 0.1) is 10.1 Å². The van der Waals surface area contributed by atoms with Crippen LogP contribution in [0.3, 0.4) is 0 Å². The molecule has 3 rings (SSSR count). The van der Waals surface area contributed by atoms with Crippen LogP contribution in [0.5, 0.6) is 0 Å². The van der Waals surface area contributed by atoms with E-state index in [1.807, 2.05) is 6.92 Å². The fourth-order valence-corrected chi connectivity index (χ4v) is 2.97. The van der Waals surface area contributed by atoms with Gasteiger partial charge in [-0.05, 0) is 30.2 Å². The third-order valence-electron chi connectivity index (χ3n) is 4.30. The third-order valence-corrected chi connectivity index (χ3v) is 4.30. The number of aromatic nitrogens is 2. The Morgan fingerprint density at radius 3 is 2.57 bits per heavy atom. The smallest absolute Gasteiger partial charge is 0.292 e. The molecule has 1 aromatic heterocycles. The number of benzene rings is 2. The third kappa shape index (κ3) is 3.88. The van der Waals surface area contributed by atoms with E-state index in [1.165, 1.54) is 28.8 Å². The lowest BCUT2D eigenvalue weighted by Crippen LogP contribution is -2.26. The normalized spacial score (nSPS) is 11.7.